The molecule has 4 heteroatoms. The van der Waals surface area contributed by atoms with Crippen LogP contribution in [-0.4, -0.2) is 26.4 Å². The molecule has 0 aromatic heterocycles. The van der Waals surface area contributed by atoms with Gasteiger partial charge in [-0.15, -0.1) is 0 Å². The number of ether oxygens (including phenoxy) is 2. The van der Waals surface area contributed by atoms with E-state index < -0.39 is 0 Å². The lowest BCUT2D eigenvalue weighted by Crippen LogP contribution is -2.17. The van der Waals surface area contributed by atoms with Gasteiger partial charge in [0.05, 0.1) is 6.61 Å². The quantitative estimate of drug-likeness (QED) is 0.698. The molecule has 1 atom stereocenters. The number of hydrogen-bond acceptors (Lipinski definition) is 3. The second kappa shape index (κ2) is 8.88. The molecular weight excluding hydrogens is 245 g/mol. The Kier molecular flexibility index (Phi) is 7.45. The normalized spacial score (nSPS) is 12.4. The Hall–Kier alpha value is -1.13. The second-order valence-electron chi connectivity index (χ2n) is 4.37. The molecule has 0 amide bonds. The van der Waals surface area contributed by atoms with Crippen molar-refractivity contribution in [3.8, 4) is 5.75 Å². The van der Waals surface area contributed by atoms with Gasteiger partial charge in [-0.2, -0.15) is 0 Å². The zero-order chi connectivity index (χ0) is 14.1. The van der Waals surface area contributed by atoms with Crippen LogP contribution in [0.25, 0.3) is 0 Å². The Labute approximate surface area is 115 Å². The van der Waals surface area contributed by atoms with Crippen LogP contribution in [0.2, 0.25) is 0 Å². The van der Waals surface area contributed by atoms with Crippen LogP contribution in [0, 0.1) is 5.82 Å². The first-order valence-electron chi connectivity index (χ1n) is 6.92. The standard InChI is InChI=1S/C15H24FNO2/c1-4-17-12(3)13-7-8-15(14(16)11-13)19-10-6-9-18-5-2/h7-8,11-12,17H,4-6,9-10H2,1-3H3. The van der Waals surface area contributed by atoms with Crippen molar-refractivity contribution in [2.24, 2.45) is 0 Å². The fourth-order valence-electron chi connectivity index (χ4n) is 1.81. The van der Waals surface area contributed by atoms with E-state index in [2.05, 4.69) is 5.32 Å². The van der Waals surface area contributed by atoms with Crippen molar-refractivity contribution in [1.82, 2.24) is 5.32 Å². The summed E-state index contributed by atoms with van der Waals surface area (Å²) in [5, 5.41) is 3.25. The summed E-state index contributed by atoms with van der Waals surface area (Å²) in [4.78, 5) is 0. The maximum absolute atomic E-state index is 13.8. The molecule has 0 bridgehead atoms. The minimum absolute atomic E-state index is 0.145. The predicted molar refractivity (Wildman–Crippen MR) is 75.1 cm³/mol. The van der Waals surface area contributed by atoms with E-state index in [0.717, 1.165) is 18.5 Å². The molecule has 108 valence electrons. The predicted octanol–water partition coefficient (Wildman–Crippen LogP) is 3.30. The van der Waals surface area contributed by atoms with Gasteiger partial charge in [0, 0.05) is 25.7 Å². The van der Waals surface area contributed by atoms with Crippen molar-refractivity contribution >= 4 is 0 Å². The summed E-state index contributed by atoms with van der Waals surface area (Å²) in [6.45, 7) is 8.67. The highest BCUT2D eigenvalue weighted by Gasteiger charge is 2.09. The molecule has 0 aliphatic carbocycles. The summed E-state index contributed by atoms with van der Waals surface area (Å²) < 4.78 is 24.4. The molecule has 0 radical (unpaired) electrons. The van der Waals surface area contributed by atoms with Crippen molar-refractivity contribution < 1.29 is 13.9 Å². The summed E-state index contributed by atoms with van der Waals surface area (Å²) in [7, 11) is 0. The summed E-state index contributed by atoms with van der Waals surface area (Å²) in [5.74, 6) is 0.00242. The van der Waals surface area contributed by atoms with Crippen molar-refractivity contribution in [3.63, 3.8) is 0 Å². The van der Waals surface area contributed by atoms with E-state index in [1.807, 2.05) is 26.8 Å². The largest absolute Gasteiger partial charge is 0.490 e. The second-order valence-corrected chi connectivity index (χ2v) is 4.37. The van der Waals surface area contributed by atoms with Crippen LogP contribution in [0.1, 0.15) is 38.8 Å². The molecule has 0 saturated carbocycles. The first-order valence-corrected chi connectivity index (χ1v) is 6.92. The lowest BCUT2D eigenvalue weighted by molar-refractivity contribution is 0.130. The van der Waals surface area contributed by atoms with Crippen LogP contribution in [-0.2, 0) is 4.74 Å². The van der Waals surface area contributed by atoms with Crippen molar-refractivity contribution in [3.05, 3.63) is 29.6 Å². The summed E-state index contributed by atoms with van der Waals surface area (Å²) in [6.07, 6.45) is 0.767. The van der Waals surface area contributed by atoms with Crippen LogP contribution in [0.3, 0.4) is 0 Å². The molecule has 0 fully saturated rings. The first kappa shape index (κ1) is 15.9. The molecule has 1 aromatic rings. The molecule has 1 aromatic carbocycles. The van der Waals surface area contributed by atoms with E-state index >= 15 is 0 Å². The Morgan fingerprint density at radius 1 is 1.26 bits per heavy atom. The minimum atomic E-state index is -0.307. The number of benzene rings is 1. The van der Waals surface area contributed by atoms with Crippen LogP contribution < -0.4 is 10.1 Å². The van der Waals surface area contributed by atoms with Gasteiger partial charge in [0.1, 0.15) is 0 Å². The van der Waals surface area contributed by atoms with Gasteiger partial charge in [0.15, 0.2) is 11.6 Å². The topological polar surface area (TPSA) is 30.5 Å². The lowest BCUT2D eigenvalue weighted by Gasteiger charge is -2.14. The van der Waals surface area contributed by atoms with Crippen LogP contribution in [0.5, 0.6) is 5.75 Å². The minimum Gasteiger partial charge on any atom is -0.490 e. The molecule has 19 heavy (non-hydrogen) atoms. The molecular formula is C15H24FNO2. The number of nitrogens with one attached hydrogen (secondary N) is 1. The smallest absolute Gasteiger partial charge is 0.165 e. The van der Waals surface area contributed by atoms with Crippen LogP contribution in [0.4, 0.5) is 4.39 Å². The van der Waals surface area contributed by atoms with Gasteiger partial charge < -0.3 is 14.8 Å². The molecule has 0 aliphatic rings. The van der Waals surface area contributed by atoms with E-state index in [0.29, 0.717) is 25.6 Å². The molecule has 1 unspecified atom stereocenters. The molecule has 1 rings (SSSR count). The summed E-state index contributed by atoms with van der Waals surface area (Å²) in [5.41, 5.74) is 0.931. The zero-order valence-corrected chi connectivity index (χ0v) is 12.0. The molecule has 0 heterocycles. The first-order chi connectivity index (χ1) is 9.19. The van der Waals surface area contributed by atoms with E-state index in [1.54, 1.807) is 6.07 Å². The molecule has 0 aliphatic heterocycles. The molecule has 0 saturated heterocycles. The van der Waals surface area contributed by atoms with Gasteiger partial charge in [-0.3, -0.25) is 0 Å². The highest BCUT2D eigenvalue weighted by Crippen LogP contribution is 2.22. The Balaban J connectivity index is 2.47. The van der Waals surface area contributed by atoms with Gasteiger partial charge in [0.25, 0.3) is 0 Å². The van der Waals surface area contributed by atoms with Gasteiger partial charge >= 0.3 is 0 Å². The number of halogens is 1. The van der Waals surface area contributed by atoms with Crippen LogP contribution >= 0.6 is 0 Å². The Morgan fingerprint density at radius 2 is 2.05 bits per heavy atom. The van der Waals surface area contributed by atoms with Crippen LogP contribution in [0.15, 0.2) is 18.2 Å². The maximum atomic E-state index is 13.8. The Morgan fingerprint density at radius 3 is 2.68 bits per heavy atom. The van der Waals surface area contributed by atoms with E-state index in [9.17, 15) is 4.39 Å². The number of rotatable bonds is 9. The third-order valence-electron chi connectivity index (χ3n) is 2.86. The zero-order valence-electron chi connectivity index (χ0n) is 12.0. The van der Waals surface area contributed by atoms with Gasteiger partial charge in [-0.25, -0.2) is 4.39 Å². The van der Waals surface area contributed by atoms with E-state index in [1.165, 1.54) is 6.07 Å². The maximum Gasteiger partial charge on any atom is 0.165 e. The van der Waals surface area contributed by atoms with E-state index in [4.69, 9.17) is 9.47 Å². The highest BCUT2D eigenvalue weighted by atomic mass is 19.1. The highest BCUT2D eigenvalue weighted by molar-refractivity contribution is 5.30. The lowest BCUT2D eigenvalue weighted by atomic mass is 10.1. The van der Waals surface area contributed by atoms with Crippen molar-refractivity contribution in [2.75, 3.05) is 26.4 Å². The van der Waals surface area contributed by atoms with E-state index in [-0.39, 0.29) is 11.9 Å². The summed E-state index contributed by atoms with van der Waals surface area (Å²) >= 11 is 0. The molecule has 1 N–H and O–H groups in total. The van der Waals surface area contributed by atoms with Gasteiger partial charge in [-0.05, 0) is 38.1 Å². The van der Waals surface area contributed by atoms with Crippen molar-refractivity contribution in [1.29, 1.82) is 0 Å². The summed E-state index contributed by atoms with van der Waals surface area (Å²) in [6, 6.07) is 5.27. The monoisotopic (exact) mass is 269 g/mol. The fourth-order valence-corrected chi connectivity index (χ4v) is 1.81. The Bertz CT molecular complexity index is 371. The third-order valence-corrected chi connectivity index (χ3v) is 2.86. The fraction of sp³-hybridized carbons (Fsp3) is 0.600. The van der Waals surface area contributed by atoms with Crippen molar-refractivity contribution in [2.45, 2.75) is 33.2 Å². The third kappa shape index (κ3) is 5.57. The molecule has 3 nitrogen and oxygen atoms in total. The number of hydrogen-bond donors (Lipinski definition) is 1. The van der Waals surface area contributed by atoms with Gasteiger partial charge in [0.2, 0.25) is 0 Å². The average molecular weight is 269 g/mol. The molecule has 0 spiro atoms. The average Bonchev–Trinajstić information content (AvgIpc) is 2.40. The SMILES string of the molecule is CCNC(C)c1ccc(OCCCOCC)c(F)c1. The van der Waals surface area contributed by atoms with Gasteiger partial charge in [-0.1, -0.05) is 13.0 Å².